The predicted molar refractivity (Wildman–Crippen MR) is 82.4 cm³/mol. The van der Waals surface area contributed by atoms with Crippen LogP contribution in [0.1, 0.15) is 31.2 Å². The molecule has 0 aromatic heterocycles. The zero-order chi connectivity index (χ0) is 14.9. The minimum absolute atomic E-state index is 0.276. The summed E-state index contributed by atoms with van der Waals surface area (Å²) in [6.07, 6.45) is 5.16. The number of esters is 1. The van der Waals surface area contributed by atoms with Gasteiger partial charge in [0, 0.05) is 5.92 Å². The molecule has 1 aromatic carbocycles. The summed E-state index contributed by atoms with van der Waals surface area (Å²) >= 11 is 0. The van der Waals surface area contributed by atoms with Crippen LogP contribution in [0.4, 0.5) is 0 Å². The second-order valence-electron chi connectivity index (χ2n) is 6.67. The fourth-order valence-electron chi connectivity index (χ4n) is 4.09. The Morgan fingerprint density at radius 1 is 1.23 bits per heavy atom. The summed E-state index contributed by atoms with van der Waals surface area (Å²) in [4.78, 5) is 16.7. The van der Waals surface area contributed by atoms with Crippen molar-refractivity contribution < 1.29 is 14.3 Å². The van der Waals surface area contributed by atoms with Crippen molar-refractivity contribution in [2.45, 2.75) is 38.3 Å². The number of carbonyl (C=O) groups is 1. The Kier molecular flexibility index (Phi) is 3.60. The number of carbonyl (C=O) groups excluding carboxylic acids is 1. The smallest absolute Gasteiger partial charge is 0.334 e. The maximum atomic E-state index is 12.1. The third kappa shape index (κ3) is 2.62. The minimum atomic E-state index is -0.474. The van der Waals surface area contributed by atoms with Gasteiger partial charge in [-0.05, 0) is 36.7 Å². The topological polar surface area (TPSA) is 47.9 Å². The van der Waals surface area contributed by atoms with Gasteiger partial charge in [-0.2, -0.15) is 0 Å². The molecule has 2 saturated carbocycles. The first-order valence-corrected chi connectivity index (χ1v) is 8.20. The Morgan fingerprint density at radius 2 is 2.09 bits per heavy atom. The second kappa shape index (κ2) is 5.75. The van der Waals surface area contributed by atoms with Crippen LogP contribution in [0.5, 0.6) is 0 Å². The first kappa shape index (κ1) is 13.8. The zero-order valence-electron chi connectivity index (χ0n) is 12.6. The molecule has 4 heteroatoms. The number of hydrogen-bond donors (Lipinski definition) is 0. The van der Waals surface area contributed by atoms with E-state index in [2.05, 4.69) is 4.99 Å². The molecule has 1 aliphatic heterocycles. The van der Waals surface area contributed by atoms with Crippen LogP contribution in [-0.2, 0) is 20.9 Å². The summed E-state index contributed by atoms with van der Waals surface area (Å²) in [7, 11) is 0. The van der Waals surface area contributed by atoms with Crippen LogP contribution < -0.4 is 0 Å². The van der Waals surface area contributed by atoms with Gasteiger partial charge in [-0.1, -0.05) is 36.8 Å². The number of rotatable bonds is 4. The van der Waals surface area contributed by atoms with Gasteiger partial charge in [-0.3, -0.25) is 0 Å². The van der Waals surface area contributed by atoms with Crippen LogP contribution in [0.3, 0.4) is 0 Å². The first-order valence-electron chi connectivity index (χ1n) is 8.20. The Balaban J connectivity index is 1.34. The summed E-state index contributed by atoms with van der Waals surface area (Å²) in [6, 6.07) is 9.24. The lowest BCUT2D eigenvalue weighted by atomic mass is 9.89. The van der Waals surface area contributed by atoms with Gasteiger partial charge >= 0.3 is 5.97 Å². The van der Waals surface area contributed by atoms with E-state index in [-0.39, 0.29) is 5.97 Å². The van der Waals surface area contributed by atoms with Gasteiger partial charge in [0.2, 0.25) is 0 Å². The van der Waals surface area contributed by atoms with Crippen molar-refractivity contribution in [3.63, 3.8) is 0 Å². The average Bonchev–Trinajstić information content (AvgIpc) is 3.29. The molecule has 1 aromatic rings. The fraction of sp³-hybridized carbons (Fsp3) is 0.556. The predicted octanol–water partition coefficient (Wildman–Crippen LogP) is 2.96. The molecule has 3 aliphatic rings. The Bertz CT molecular complexity index is 583. The van der Waals surface area contributed by atoms with Crippen molar-refractivity contribution >= 4 is 11.9 Å². The lowest BCUT2D eigenvalue weighted by Crippen LogP contribution is -2.22. The average molecular weight is 299 g/mol. The highest BCUT2D eigenvalue weighted by Crippen LogP contribution is 2.49. The van der Waals surface area contributed by atoms with E-state index in [1.807, 2.05) is 30.3 Å². The summed E-state index contributed by atoms with van der Waals surface area (Å²) in [6.45, 7) is 0.645. The molecule has 4 nitrogen and oxygen atoms in total. The highest BCUT2D eigenvalue weighted by atomic mass is 16.5. The van der Waals surface area contributed by atoms with Crippen LogP contribution in [0.25, 0.3) is 0 Å². The summed E-state index contributed by atoms with van der Waals surface area (Å²) in [5, 5.41) is 0. The lowest BCUT2D eigenvalue weighted by Gasteiger charge is -2.20. The monoisotopic (exact) mass is 299 g/mol. The van der Waals surface area contributed by atoms with E-state index in [1.54, 1.807) is 0 Å². The molecule has 4 unspecified atom stereocenters. The molecule has 1 heterocycles. The molecule has 4 atom stereocenters. The molecule has 4 rings (SSSR count). The molecule has 0 spiro atoms. The van der Waals surface area contributed by atoms with Gasteiger partial charge in [0.1, 0.15) is 13.2 Å². The Morgan fingerprint density at radius 3 is 2.82 bits per heavy atom. The van der Waals surface area contributed by atoms with Crippen molar-refractivity contribution in [3.8, 4) is 0 Å². The fourth-order valence-corrected chi connectivity index (χ4v) is 4.09. The van der Waals surface area contributed by atoms with E-state index in [0.29, 0.717) is 19.1 Å². The van der Waals surface area contributed by atoms with Gasteiger partial charge in [0.25, 0.3) is 0 Å². The first-order chi connectivity index (χ1) is 10.8. The van der Waals surface area contributed by atoms with Crippen molar-refractivity contribution in [1.82, 2.24) is 0 Å². The molecule has 2 fully saturated rings. The van der Waals surface area contributed by atoms with Gasteiger partial charge in [-0.25, -0.2) is 9.79 Å². The second-order valence-corrected chi connectivity index (χ2v) is 6.67. The van der Waals surface area contributed by atoms with E-state index >= 15 is 0 Å². The van der Waals surface area contributed by atoms with E-state index in [0.717, 1.165) is 23.3 Å². The number of hydrogen-bond acceptors (Lipinski definition) is 4. The van der Waals surface area contributed by atoms with Gasteiger partial charge < -0.3 is 9.47 Å². The normalized spacial score (nSPS) is 32.6. The molecular formula is C18H21NO3. The van der Waals surface area contributed by atoms with E-state index in [4.69, 9.17) is 9.47 Å². The lowest BCUT2D eigenvalue weighted by molar-refractivity contribution is -0.146. The van der Waals surface area contributed by atoms with E-state index in [1.165, 1.54) is 25.7 Å². The van der Waals surface area contributed by atoms with Crippen LogP contribution >= 0.6 is 0 Å². The molecule has 0 N–H and O–H groups in total. The minimum Gasteiger partial charge on any atom is -0.478 e. The molecule has 116 valence electrons. The van der Waals surface area contributed by atoms with Gasteiger partial charge in [0.15, 0.2) is 11.9 Å². The van der Waals surface area contributed by atoms with Crippen LogP contribution in [0, 0.1) is 17.8 Å². The third-order valence-corrected chi connectivity index (χ3v) is 5.22. The molecular weight excluding hydrogens is 278 g/mol. The summed E-state index contributed by atoms with van der Waals surface area (Å²) in [5.74, 6) is 2.56. The van der Waals surface area contributed by atoms with Crippen LogP contribution in [0.15, 0.2) is 35.3 Å². The van der Waals surface area contributed by atoms with Crippen molar-refractivity contribution in [1.29, 1.82) is 0 Å². The number of ether oxygens (including phenoxy) is 2. The molecule has 0 amide bonds. The van der Waals surface area contributed by atoms with Crippen molar-refractivity contribution in [3.05, 3.63) is 35.9 Å². The maximum absolute atomic E-state index is 12.1. The Labute approximate surface area is 130 Å². The number of aliphatic imine (C=N–C) groups is 1. The summed E-state index contributed by atoms with van der Waals surface area (Å²) in [5.41, 5.74) is 0.993. The highest BCUT2D eigenvalue weighted by Gasteiger charge is 2.44. The zero-order valence-corrected chi connectivity index (χ0v) is 12.6. The molecule has 0 saturated heterocycles. The molecule has 2 bridgehead atoms. The highest BCUT2D eigenvalue weighted by molar-refractivity contribution is 5.87. The summed E-state index contributed by atoms with van der Waals surface area (Å²) < 4.78 is 11.1. The molecule has 2 aliphatic carbocycles. The molecule has 22 heavy (non-hydrogen) atoms. The van der Waals surface area contributed by atoms with Crippen molar-refractivity contribution in [2.75, 3.05) is 6.61 Å². The maximum Gasteiger partial charge on any atom is 0.334 e. The van der Waals surface area contributed by atoms with Gasteiger partial charge in [0.05, 0.1) is 0 Å². The third-order valence-electron chi connectivity index (χ3n) is 5.22. The number of benzene rings is 1. The Hall–Kier alpha value is -1.84. The quantitative estimate of drug-likeness (QED) is 0.803. The van der Waals surface area contributed by atoms with E-state index in [9.17, 15) is 4.79 Å². The van der Waals surface area contributed by atoms with Crippen LogP contribution in [0.2, 0.25) is 0 Å². The standard InChI is InChI=1S/C18H21NO3/c20-18(22-10-12-4-2-1-3-5-12)16-11-21-17(19-16)15-9-13-6-7-14(15)8-13/h1-5,13-16H,6-11H2. The molecule has 0 radical (unpaired) electrons. The largest absolute Gasteiger partial charge is 0.478 e. The van der Waals surface area contributed by atoms with E-state index < -0.39 is 6.04 Å². The number of nitrogens with zero attached hydrogens (tertiary/aromatic N) is 1. The number of fused-ring (bicyclic) bond motifs is 2. The van der Waals surface area contributed by atoms with Gasteiger partial charge in [-0.15, -0.1) is 0 Å². The van der Waals surface area contributed by atoms with Crippen molar-refractivity contribution in [2.24, 2.45) is 22.7 Å². The van der Waals surface area contributed by atoms with Crippen LogP contribution in [-0.4, -0.2) is 24.5 Å². The SMILES string of the molecule is O=C(OCc1ccccc1)C1COC(C2CC3CCC2C3)=N1.